The van der Waals surface area contributed by atoms with Crippen molar-refractivity contribution in [2.45, 2.75) is 6.04 Å². The highest BCUT2D eigenvalue weighted by atomic mass is 15.4. The van der Waals surface area contributed by atoms with Gasteiger partial charge in [0.15, 0.2) is 5.96 Å². The summed E-state index contributed by atoms with van der Waals surface area (Å²) in [7, 11) is 6.15. The Hall–Kier alpha value is -1.51. The molecule has 1 aromatic carbocycles. The smallest absolute Gasteiger partial charge is 0.196 e. The number of aliphatic imine (C=N–C) groups is 1. The molecule has 1 aliphatic heterocycles. The Bertz CT molecular complexity index is 356. The lowest BCUT2D eigenvalue weighted by Crippen LogP contribution is -2.34. The van der Waals surface area contributed by atoms with Gasteiger partial charge in [0.05, 0.1) is 6.04 Å². The van der Waals surface area contributed by atoms with Crippen LogP contribution in [0.1, 0.15) is 11.6 Å². The topological polar surface area (TPSA) is 18.8 Å². The molecule has 1 unspecified atom stereocenters. The summed E-state index contributed by atoms with van der Waals surface area (Å²) in [6, 6.07) is 10.7. The second-order valence-electron chi connectivity index (χ2n) is 4.13. The number of nitrogens with zero attached hydrogens (tertiary/aromatic N) is 3. The molecule has 0 fully saturated rings. The molecule has 0 radical (unpaired) electrons. The minimum absolute atomic E-state index is 0.286. The summed E-state index contributed by atoms with van der Waals surface area (Å²) in [5.74, 6) is 1.06. The molecule has 1 aliphatic rings. The molecule has 0 spiro atoms. The van der Waals surface area contributed by atoms with E-state index in [0.29, 0.717) is 0 Å². The van der Waals surface area contributed by atoms with E-state index in [9.17, 15) is 0 Å². The van der Waals surface area contributed by atoms with E-state index in [-0.39, 0.29) is 6.04 Å². The van der Waals surface area contributed by atoms with E-state index in [0.717, 1.165) is 12.5 Å². The van der Waals surface area contributed by atoms with Crippen LogP contribution in [0.2, 0.25) is 0 Å². The van der Waals surface area contributed by atoms with Crippen molar-refractivity contribution < 1.29 is 0 Å². The maximum atomic E-state index is 4.71. The summed E-state index contributed by atoms with van der Waals surface area (Å²) in [5, 5.41) is 0. The third-order valence-electron chi connectivity index (χ3n) is 2.64. The fourth-order valence-corrected chi connectivity index (χ4v) is 1.93. The molecule has 0 saturated heterocycles. The van der Waals surface area contributed by atoms with Crippen LogP contribution in [-0.4, -0.2) is 43.4 Å². The Morgan fingerprint density at radius 1 is 1.27 bits per heavy atom. The number of guanidine groups is 1. The highest BCUT2D eigenvalue weighted by molar-refractivity contribution is 5.81. The van der Waals surface area contributed by atoms with Crippen molar-refractivity contribution >= 4 is 5.96 Å². The standard InChI is InChI=1S/C12H17N3/c1-14(2)12-13-11(9-15(12)3)10-7-5-4-6-8-10/h4-8,11H,9H2,1-3H3. The molecule has 1 heterocycles. The molecule has 0 aromatic heterocycles. The summed E-state index contributed by atoms with van der Waals surface area (Å²) in [6.07, 6.45) is 0. The average Bonchev–Trinajstić information content (AvgIpc) is 2.62. The first-order valence-electron chi connectivity index (χ1n) is 5.19. The van der Waals surface area contributed by atoms with Crippen LogP contribution >= 0.6 is 0 Å². The van der Waals surface area contributed by atoms with Gasteiger partial charge >= 0.3 is 0 Å². The van der Waals surface area contributed by atoms with Crippen LogP contribution in [0.15, 0.2) is 35.3 Å². The van der Waals surface area contributed by atoms with Crippen LogP contribution in [-0.2, 0) is 0 Å². The number of rotatable bonds is 1. The summed E-state index contributed by atoms with van der Waals surface area (Å²) < 4.78 is 0. The summed E-state index contributed by atoms with van der Waals surface area (Å²) >= 11 is 0. The zero-order chi connectivity index (χ0) is 10.8. The predicted octanol–water partition coefficient (Wildman–Crippen LogP) is 1.59. The minimum Gasteiger partial charge on any atom is -0.349 e. The largest absolute Gasteiger partial charge is 0.349 e. The average molecular weight is 203 g/mol. The van der Waals surface area contributed by atoms with E-state index in [1.807, 2.05) is 20.2 Å². The molecular weight excluding hydrogens is 186 g/mol. The fourth-order valence-electron chi connectivity index (χ4n) is 1.93. The van der Waals surface area contributed by atoms with E-state index < -0.39 is 0 Å². The first-order valence-corrected chi connectivity index (χ1v) is 5.19. The highest BCUT2D eigenvalue weighted by Gasteiger charge is 2.24. The predicted molar refractivity (Wildman–Crippen MR) is 62.9 cm³/mol. The van der Waals surface area contributed by atoms with E-state index >= 15 is 0 Å². The molecule has 3 heteroatoms. The van der Waals surface area contributed by atoms with Crippen molar-refractivity contribution in [3.8, 4) is 0 Å². The third-order valence-corrected chi connectivity index (χ3v) is 2.64. The van der Waals surface area contributed by atoms with Crippen molar-refractivity contribution in [3.63, 3.8) is 0 Å². The SMILES string of the molecule is CN(C)C1=NC(c2ccccc2)CN1C. The Morgan fingerprint density at radius 2 is 1.93 bits per heavy atom. The number of hydrogen-bond donors (Lipinski definition) is 0. The maximum absolute atomic E-state index is 4.71. The van der Waals surface area contributed by atoms with E-state index in [2.05, 4.69) is 41.1 Å². The van der Waals surface area contributed by atoms with E-state index in [1.165, 1.54) is 5.56 Å². The maximum Gasteiger partial charge on any atom is 0.196 e. The molecule has 3 nitrogen and oxygen atoms in total. The molecule has 0 N–H and O–H groups in total. The van der Waals surface area contributed by atoms with Gasteiger partial charge in [-0.05, 0) is 5.56 Å². The molecular formula is C12H17N3. The number of benzene rings is 1. The monoisotopic (exact) mass is 203 g/mol. The molecule has 0 aliphatic carbocycles. The molecule has 2 rings (SSSR count). The summed E-state index contributed by atoms with van der Waals surface area (Å²) in [5.41, 5.74) is 1.29. The zero-order valence-corrected chi connectivity index (χ0v) is 9.51. The second-order valence-corrected chi connectivity index (χ2v) is 4.13. The van der Waals surface area contributed by atoms with Crippen LogP contribution in [0.3, 0.4) is 0 Å². The Labute approximate surface area is 91.0 Å². The second kappa shape index (κ2) is 3.93. The van der Waals surface area contributed by atoms with Gasteiger partial charge in [-0.3, -0.25) is 0 Å². The van der Waals surface area contributed by atoms with Crippen LogP contribution in [0.5, 0.6) is 0 Å². The first-order chi connectivity index (χ1) is 7.18. The molecule has 15 heavy (non-hydrogen) atoms. The van der Waals surface area contributed by atoms with Gasteiger partial charge in [-0.2, -0.15) is 0 Å². The van der Waals surface area contributed by atoms with Gasteiger partial charge in [-0.15, -0.1) is 0 Å². The lowest BCUT2D eigenvalue weighted by molar-refractivity contribution is 0.448. The quantitative estimate of drug-likeness (QED) is 0.690. The van der Waals surface area contributed by atoms with Gasteiger partial charge < -0.3 is 9.80 Å². The summed E-state index contributed by atoms with van der Waals surface area (Å²) in [6.45, 7) is 0.970. The van der Waals surface area contributed by atoms with Crippen molar-refractivity contribution in [2.24, 2.45) is 4.99 Å². The molecule has 0 bridgehead atoms. The minimum atomic E-state index is 0.286. The highest BCUT2D eigenvalue weighted by Crippen LogP contribution is 2.23. The summed E-state index contributed by atoms with van der Waals surface area (Å²) in [4.78, 5) is 8.96. The Kier molecular flexibility index (Phi) is 2.62. The van der Waals surface area contributed by atoms with Gasteiger partial charge in [-0.1, -0.05) is 30.3 Å². The van der Waals surface area contributed by atoms with E-state index in [1.54, 1.807) is 0 Å². The molecule has 1 aromatic rings. The zero-order valence-electron chi connectivity index (χ0n) is 9.51. The molecule has 0 amide bonds. The lowest BCUT2D eigenvalue weighted by Gasteiger charge is -2.20. The number of likely N-dealkylation sites (N-methyl/N-ethyl adjacent to an activating group) is 1. The molecule has 0 saturated carbocycles. The van der Waals surface area contributed by atoms with Crippen LogP contribution in [0, 0.1) is 0 Å². The van der Waals surface area contributed by atoms with Gasteiger partial charge in [0, 0.05) is 27.7 Å². The lowest BCUT2D eigenvalue weighted by atomic mass is 10.1. The normalized spacial score (nSPS) is 20.3. The first kappa shape index (κ1) is 10.0. The van der Waals surface area contributed by atoms with Gasteiger partial charge in [0.2, 0.25) is 0 Å². The van der Waals surface area contributed by atoms with Crippen molar-refractivity contribution in [3.05, 3.63) is 35.9 Å². The van der Waals surface area contributed by atoms with Gasteiger partial charge in [-0.25, -0.2) is 4.99 Å². The van der Waals surface area contributed by atoms with Crippen molar-refractivity contribution in [1.82, 2.24) is 9.80 Å². The van der Waals surface area contributed by atoms with Crippen LogP contribution in [0.25, 0.3) is 0 Å². The van der Waals surface area contributed by atoms with Gasteiger partial charge in [0.1, 0.15) is 0 Å². The Balaban J connectivity index is 2.22. The Morgan fingerprint density at radius 3 is 2.47 bits per heavy atom. The van der Waals surface area contributed by atoms with Crippen LogP contribution < -0.4 is 0 Å². The van der Waals surface area contributed by atoms with Crippen LogP contribution in [0.4, 0.5) is 0 Å². The molecule has 80 valence electrons. The van der Waals surface area contributed by atoms with Crippen molar-refractivity contribution in [2.75, 3.05) is 27.7 Å². The van der Waals surface area contributed by atoms with Crippen molar-refractivity contribution in [1.29, 1.82) is 0 Å². The fraction of sp³-hybridized carbons (Fsp3) is 0.417. The van der Waals surface area contributed by atoms with E-state index in [4.69, 9.17) is 4.99 Å². The third kappa shape index (κ3) is 1.96. The number of hydrogen-bond acceptors (Lipinski definition) is 3. The molecule has 1 atom stereocenters. The van der Waals surface area contributed by atoms with Gasteiger partial charge in [0.25, 0.3) is 0 Å².